The predicted molar refractivity (Wildman–Crippen MR) is 123 cm³/mol. The summed E-state index contributed by atoms with van der Waals surface area (Å²) in [6.07, 6.45) is 7.60. The third-order valence-electron chi connectivity index (χ3n) is 6.03. The Balaban J connectivity index is 1.45. The molecule has 1 fully saturated rings. The van der Waals surface area contributed by atoms with E-state index in [0.717, 1.165) is 24.8 Å². The Kier molecular flexibility index (Phi) is 9.94. The number of aryl methyl sites for hydroxylation is 1. The number of rotatable bonds is 12. The fraction of sp³-hybridized carbons (Fsp3) is 0.556. The standard InChI is InChI=1S/C27H36F2O3/c1-3-5-7-8-20-9-11-21(12-10-20)18-31-25-16-13-22(19-32-25)23-14-15-24(27(29)26(23)28)30-17-6-4-2/h9-12,14-15,22,25H,3-8,13,16-19H2,1-2H3. The van der Waals surface area contributed by atoms with E-state index in [1.807, 2.05) is 6.92 Å². The molecule has 0 N–H and O–H groups in total. The van der Waals surface area contributed by atoms with Gasteiger partial charge in [-0.05, 0) is 54.9 Å². The zero-order valence-corrected chi connectivity index (χ0v) is 19.4. The smallest absolute Gasteiger partial charge is 0.200 e. The van der Waals surface area contributed by atoms with Gasteiger partial charge in [0.1, 0.15) is 0 Å². The number of hydrogen-bond acceptors (Lipinski definition) is 3. The van der Waals surface area contributed by atoms with Crippen molar-refractivity contribution in [1.29, 1.82) is 0 Å². The van der Waals surface area contributed by atoms with Gasteiger partial charge in [0.25, 0.3) is 0 Å². The number of halogens is 2. The van der Waals surface area contributed by atoms with E-state index < -0.39 is 11.6 Å². The van der Waals surface area contributed by atoms with Crippen LogP contribution in [0.5, 0.6) is 5.75 Å². The molecule has 2 unspecified atom stereocenters. The van der Waals surface area contributed by atoms with Crippen LogP contribution in [-0.2, 0) is 22.5 Å². The summed E-state index contributed by atoms with van der Waals surface area (Å²) < 4.78 is 46.1. The Bertz CT molecular complexity index is 814. The molecule has 0 amide bonds. The highest BCUT2D eigenvalue weighted by Crippen LogP contribution is 2.34. The minimum atomic E-state index is -0.907. The first-order chi connectivity index (χ1) is 15.6. The van der Waals surface area contributed by atoms with Crippen LogP contribution in [0.15, 0.2) is 36.4 Å². The van der Waals surface area contributed by atoms with Gasteiger partial charge in [-0.15, -0.1) is 0 Å². The van der Waals surface area contributed by atoms with Crippen LogP contribution in [0.25, 0.3) is 0 Å². The molecule has 1 heterocycles. The number of benzene rings is 2. The SMILES string of the molecule is CCCCCc1ccc(COC2CCC(c3ccc(OCCCC)c(F)c3F)CO2)cc1. The number of ether oxygens (including phenoxy) is 3. The quantitative estimate of drug-likeness (QED) is 0.320. The average Bonchev–Trinajstić information content (AvgIpc) is 2.82. The molecule has 0 aliphatic carbocycles. The molecular weight excluding hydrogens is 410 g/mol. The normalized spacial score (nSPS) is 18.6. The van der Waals surface area contributed by atoms with E-state index in [0.29, 0.717) is 38.2 Å². The van der Waals surface area contributed by atoms with Crippen LogP contribution in [0.4, 0.5) is 8.78 Å². The first-order valence-corrected chi connectivity index (χ1v) is 12.0. The number of unbranched alkanes of at least 4 members (excludes halogenated alkanes) is 3. The highest BCUT2D eigenvalue weighted by atomic mass is 19.2. The highest BCUT2D eigenvalue weighted by Gasteiger charge is 2.27. The third-order valence-corrected chi connectivity index (χ3v) is 6.03. The summed E-state index contributed by atoms with van der Waals surface area (Å²) in [6.45, 7) is 5.42. The van der Waals surface area contributed by atoms with Gasteiger partial charge in [-0.25, -0.2) is 4.39 Å². The molecule has 2 aromatic rings. The molecule has 2 aromatic carbocycles. The molecular formula is C27H36F2O3. The molecule has 3 rings (SSSR count). The van der Waals surface area contributed by atoms with Crippen LogP contribution in [0.1, 0.15) is 81.4 Å². The van der Waals surface area contributed by atoms with E-state index in [-0.39, 0.29) is 18.0 Å². The Hall–Kier alpha value is -1.98. The lowest BCUT2D eigenvalue weighted by molar-refractivity contribution is -0.173. The van der Waals surface area contributed by atoms with Crippen molar-refractivity contribution in [2.75, 3.05) is 13.2 Å². The van der Waals surface area contributed by atoms with Gasteiger partial charge in [-0.3, -0.25) is 0 Å². The minimum absolute atomic E-state index is 0.0194. The summed E-state index contributed by atoms with van der Waals surface area (Å²) in [6, 6.07) is 11.7. The van der Waals surface area contributed by atoms with Gasteiger partial charge in [-0.1, -0.05) is 63.4 Å². The Morgan fingerprint density at radius 3 is 2.31 bits per heavy atom. The summed E-state index contributed by atoms with van der Waals surface area (Å²) >= 11 is 0. The lowest BCUT2D eigenvalue weighted by Crippen LogP contribution is -2.27. The second-order valence-corrected chi connectivity index (χ2v) is 8.60. The molecule has 176 valence electrons. The molecule has 32 heavy (non-hydrogen) atoms. The summed E-state index contributed by atoms with van der Waals surface area (Å²) in [5, 5.41) is 0. The fourth-order valence-electron chi connectivity index (χ4n) is 3.97. The second-order valence-electron chi connectivity index (χ2n) is 8.60. The first kappa shape index (κ1) is 24.7. The van der Waals surface area contributed by atoms with Crippen LogP contribution in [0, 0.1) is 11.6 Å². The van der Waals surface area contributed by atoms with Crippen molar-refractivity contribution in [3.8, 4) is 5.75 Å². The summed E-state index contributed by atoms with van der Waals surface area (Å²) in [4.78, 5) is 0. The van der Waals surface area contributed by atoms with Crippen LogP contribution >= 0.6 is 0 Å². The molecule has 2 atom stereocenters. The Morgan fingerprint density at radius 1 is 0.875 bits per heavy atom. The van der Waals surface area contributed by atoms with E-state index in [1.54, 1.807) is 6.07 Å². The maximum atomic E-state index is 14.6. The lowest BCUT2D eigenvalue weighted by atomic mass is 9.92. The van der Waals surface area contributed by atoms with Crippen molar-refractivity contribution in [3.05, 3.63) is 64.7 Å². The monoisotopic (exact) mass is 446 g/mol. The van der Waals surface area contributed by atoms with Crippen LogP contribution in [0.2, 0.25) is 0 Å². The van der Waals surface area contributed by atoms with Crippen molar-refractivity contribution < 1.29 is 23.0 Å². The van der Waals surface area contributed by atoms with E-state index >= 15 is 0 Å². The van der Waals surface area contributed by atoms with Crippen molar-refractivity contribution in [1.82, 2.24) is 0 Å². The zero-order chi connectivity index (χ0) is 22.8. The van der Waals surface area contributed by atoms with Gasteiger partial charge in [0.05, 0.1) is 19.8 Å². The van der Waals surface area contributed by atoms with E-state index in [1.165, 1.54) is 30.9 Å². The van der Waals surface area contributed by atoms with Crippen LogP contribution < -0.4 is 4.74 Å². The molecule has 0 radical (unpaired) electrons. The average molecular weight is 447 g/mol. The van der Waals surface area contributed by atoms with E-state index in [2.05, 4.69) is 31.2 Å². The van der Waals surface area contributed by atoms with Crippen molar-refractivity contribution >= 4 is 0 Å². The van der Waals surface area contributed by atoms with Crippen molar-refractivity contribution in [2.24, 2.45) is 0 Å². The topological polar surface area (TPSA) is 27.7 Å². The summed E-state index contributed by atoms with van der Waals surface area (Å²) in [7, 11) is 0. The van der Waals surface area contributed by atoms with Crippen LogP contribution in [-0.4, -0.2) is 19.5 Å². The van der Waals surface area contributed by atoms with E-state index in [4.69, 9.17) is 14.2 Å². The molecule has 0 spiro atoms. The van der Waals surface area contributed by atoms with Gasteiger partial charge in [-0.2, -0.15) is 4.39 Å². The lowest BCUT2D eigenvalue weighted by Gasteiger charge is -2.29. The molecule has 5 heteroatoms. The molecule has 1 aliphatic heterocycles. The second kappa shape index (κ2) is 12.9. The molecule has 0 bridgehead atoms. The fourth-order valence-corrected chi connectivity index (χ4v) is 3.97. The molecule has 1 saturated heterocycles. The zero-order valence-electron chi connectivity index (χ0n) is 19.4. The van der Waals surface area contributed by atoms with E-state index in [9.17, 15) is 8.78 Å². The van der Waals surface area contributed by atoms with Gasteiger partial charge in [0.15, 0.2) is 17.9 Å². The summed E-state index contributed by atoms with van der Waals surface area (Å²) in [5.74, 6) is -1.94. The minimum Gasteiger partial charge on any atom is -0.490 e. The maximum absolute atomic E-state index is 14.6. The third kappa shape index (κ3) is 7.01. The van der Waals surface area contributed by atoms with Gasteiger partial charge in [0, 0.05) is 5.92 Å². The Morgan fingerprint density at radius 2 is 1.62 bits per heavy atom. The Labute approximate surface area is 191 Å². The maximum Gasteiger partial charge on any atom is 0.200 e. The van der Waals surface area contributed by atoms with Gasteiger partial charge >= 0.3 is 0 Å². The molecule has 0 aromatic heterocycles. The molecule has 0 saturated carbocycles. The first-order valence-electron chi connectivity index (χ1n) is 12.0. The van der Waals surface area contributed by atoms with Crippen molar-refractivity contribution in [3.63, 3.8) is 0 Å². The number of hydrogen-bond donors (Lipinski definition) is 0. The largest absolute Gasteiger partial charge is 0.490 e. The predicted octanol–water partition coefficient (Wildman–Crippen LogP) is 7.31. The molecule has 3 nitrogen and oxygen atoms in total. The van der Waals surface area contributed by atoms with Gasteiger partial charge in [0.2, 0.25) is 5.82 Å². The molecule has 1 aliphatic rings. The van der Waals surface area contributed by atoms with Gasteiger partial charge < -0.3 is 14.2 Å². The van der Waals surface area contributed by atoms with Crippen LogP contribution in [0.3, 0.4) is 0 Å². The van der Waals surface area contributed by atoms with Crippen molar-refractivity contribution in [2.45, 2.75) is 84.0 Å². The summed E-state index contributed by atoms with van der Waals surface area (Å²) in [5.41, 5.74) is 2.82. The highest BCUT2D eigenvalue weighted by molar-refractivity contribution is 5.33.